The van der Waals surface area contributed by atoms with Crippen LogP contribution in [0.4, 0.5) is 14.9 Å². The molecule has 0 saturated carbocycles. The summed E-state index contributed by atoms with van der Waals surface area (Å²) in [4.78, 5) is 11.4. The van der Waals surface area contributed by atoms with Crippen LogP contribution in [0.25, 0.3) is 0 Å². The Hall–Kier alpha value is -2.11. The zero-order valence-corrected chi connectivity index (χ0v) is 10.3. The molecule has 5 nitrogen and oxygen atoms in total. The van der Waals surface area contributed by atoms with Gasteiger partial charge in [0.05, 0.1) is 12.2 Å². The number of nitrogen functional groups attached to an aromatic ring is 1. The molecule has 1 aromatic rings. The maximum Gasteiger partial charge on any atom is 0.411 e. The minimum atomic E-state index is -0.621. The summed E-state index contributed by atoms with van der Waals surface area (Å²) < 4.78 is 18.2. The standard InChI is InChI=1S/C12H16FN3O2/c1-7(2)6-18-12(17)16-8-3-4-10(13)9(5-8)11(14)15/h3-5,7H,6H2,1-2H3,(H3,14,15)(H,16,17). The summed E-state index contributed by atoms with van der Waals surface area (Å²) in [5.41, 5.74) is 5.48. The molecule has 0 aromatic heterocycles. The van der Waals surface area contributed by atoms with Crippen LogP contribution in [0, 0.1) is 17.1 Å². The molecule has 0 spiro atoms. The minimum absolute atomic E-state index is 0.0586. The van der Waals surface area contributed by atoms with Crippen LogP contribution in [0.1, 0.15) is 19.4 Å². The minimum Gasteiger partial charge on any atom is -0.449 e. The van der Waals surface area contributed by atoms with Crippen molar-refractivity contribution in [1.29, 1.82) is 5.41 Å². The van der Waals surface area contributed by atoms with Crippen LogP contribution in [0.3, 0.4) is 0 Å². The maximum absolute atomic E-state index is 13.2. The second-order valence-electron chi connectivity index (χ2n) is 4.23. The molecule has 0 saturated heterocycles. The third kappa shape index (κ3) is 4.04. The highest BCUT2D eigenvalue weighted by Gasteiger charge is 2.09. The summed E-state index contributed by atoms with van der Waals surface area (Å²) in [5.74, 6) is -0.771. The highest BCUT2D eigenvalue weighted by molar-refractivity contribution is 5.97. The molecule has 6 heteroatoms. The van der Waals surface area contributed by atoms with Crippen LogP contribution in [0.15, 0.2) is 18.2 Å². The van der Waals surface area contributed by atoms with Crippen LogP contribution < -0.4 is 11.1 Å². The van der Waals surface area contributed by atoms with E-state index in [1.54, 1.807) is 0 Å². The topological polar surface area (TPSA) is 88.2 Å². The Morgan fingerprint density at radius 3 is 2.78 bits per heavy atom. The molecule has 0 aliphatic carbocycles. The first kappa shape index (κ1) is 14.0. The quantitative estimate of drug-likeness (QED) is 0.568. The number of hydrogen-bond acceptors (Lipinski definition) is 3. The van der Waals surface area contributed by atoms with Crippen molar-refractivity contribution in [2.24, 2.45) is 11.7 Å². The van der Waals surface area contributed by atoms with Crippen molar-refractivity contribution in [2.75, 3.05) is 11.9 Å². The molecule has 0 aliphatic heterocycles. The zero-order valence-electron chi connectivity index (χ0n) is 10.3. The molecule has 1 amide bonds. The third-order valence-corrected chi connectivity index (χ3v) is 2.05. The lowest BCUT2D eigenvalue weighted by atomic mass is 10.1. The van der Waals surface area contributed by atoms with Gasteiger partial charge in [-0.05, 0) is 24.1 Å². The Morgan fingerprint density at radius 2 is 2.22 bits per heavy atom. The van der Waals surface area contributed by atoms with Crippen molar-refractivity contribution in [3.8, 4) is 0 Å². The van der Waals surface area contributed by atoms with E-state index in [-0.39, 0.29) is 11.5 Å². The van der Waals surface area contributed by atoms with Crippen LogP contribution in [-0.2, 0) is 4.74 Å². The molecule has 1 rings (SSSR count). The number of benzene rings is 1. The van der Waals surface area contributed by atoms with Gasteiger partial charge < -0.3 is 10.5 Å². The highest BCUT2D eigenvalue weighted by Crippen LogP contribution is 2.14. The number of nitrogens with two attached hydrogens (primary N) is 1. The van der Waals surface area contributed by atoms with E-state index in [1.165, 1.54) is 12.1 Å². The summed E-state index contributed by atoms with van der Waals surface area (Å²) in [6, 6.07) is 3.79. The van der Waals surface area contributed by atoms with Gasteiger partial charge in [-0.15, -0.1) is 0 Å². The van der Waals surface area contributed by atoms with Crippen LogP contribution in [0.2, 0.25) is 0 Å². The van der Waals surface area contributed by atoms with Gasteiger partial charge in [-0.3, -0.25) is 10.7 Å². The molecular formula is C12H16FN3O2. The molecule has 0 unspecified atom stereocenters. The molecule has 0 atom stereocenters. The molecule has 0 heterocycles. The number of halogens is 1. The number of carbonyl (C=O) groups excluding carboxylic acids is 1. The largest absolute Gasteiger partial charge is 0.449 e. The van der Waals surface area contributed by atoms with E-state index in [0.717, 1.165) is 6.07 Å². The number of anilines is 1. The van der Waals surface area contributed by atoms with Gasteiger partial charge in [0, 0.05) is 5.69 Å². The Bertz CT molecular complexity index is 461. The lowest BCUT2D eigenvalue weighted by Gasteiger charge is -2.10. The lowest BCUT2D eigenvalue weighted by Crippen LogP contribution is -2.18. The number of ether oxygens (including phenoxy) is 1. The van der Waals surface area contributed by atoms with E-state index >= 15 is 0 Å². The number of carbonyl (C=O) groups is 1. The normalized spacial score (nSPS) is 10.2. The number of nitrogens with one attached hydrogen (secondary N) is 2. The van der Waals surface area contributed by atoms with Crippen LogP contribution >= 0.6 is 0 Å². The van der Waals surface area contributed by atoms with E-state index < -0.39 is 17.7 Å². The van der Waals surface area contributed by atoms with Gasteiger partial charge in [0.2, 0.25) is 0 Å². The fourth-order valence-electron chi connectivity index (χ4n) is 1.21. The SMILES string of the molecule is CC(C)COC(=O)Nc1ccc(F)c(C(=N)N)c1. The second-order valence-corrected chi connectivity index (χ2v) is 4.23. The number of hydrogen-bond donors (Lipinski definition) is 3. The Labute approximate surface area is 105 Å². The van der Waals surface area contributed by atoms with E-state index in [4.69, 9.17) is 15.9 Å². The summed E-state index contributed by atoms with van der Waals surface area (Å²) in [5, 5.41) is 9.63. The third-order valence-electron chi connectivity index (χ3n) is 2.05. The molecule has 4 N–H and O–H groups in total. The van der Waals surface area contributed by atoms with Gasteiger partial charge in [-0.1, -0.05) is 13.8 Å². The molecule has 0 fully saturated rings. The second kappa shape index (κ2) is 6.00. The number of amidine groups is 1. The van der Waals surface area contributed by atoms with Crippen molar-refractivity contribution >= 4 is 17.6 Å². The molecule has 18 heavy (non-hydrogen) atoms. The van der Waals surface area contributed by atoms with Crippen molar-refractivity contribution in [1.82, 2.24) is 0 Å². The van der Waals surface area contributed by atoms with E-state index in [9.17, 15) is 9.18 Å². The van der Waals surface area contributed by atoms with E-state index in [2.05, 4.69) is 5.32 Å². The fraction of sp³-hybridized carbons (Fsp3) is 0.333. The smallest absolute Gasteiger partial charge is 0.411 e. The summed E-state index contributed by atoms with van der Waals surface area (Å²) in [6.45, 7) is 4.13. The number of amides is 1. The van der Waals surface area contributed by atoms with Crippen LogP contribution in [0.5, 0.6) is 0 Å². The van der Waals surface area contributed by atoms with Crippen molar-refractivity contribution in [3.63, 3.8) is 0 Å². The van der Waals surface area contributed by atoms with Gasteiger partial charge in [-0.25, -0.2) is 9.18 Å². The van der Waals surface area contributed by atoms with E-state index in [0.29, 0.717) is 12.3 Å². The maximum atomic E-state index is 13.2. The van der Waals surface area contributed by atoms with Crippen molar-refractivity contribution in [3.05, 3.63) is 29.6 Å². The Morgan fingerprint density at radius 1 is 1.56 bits per heavy atom. The van der Waals surface area contributed by atoms with Crippen LogP contribution in [-0.4, -0.2) is 18.5 Å². The summed E-state index contributed by atoms with van der Waals surface area (Å²) in [7, 11) is 0. The summed E-state index contributed by atoms with van der Waals surface area (Å²) >= 11 is 0. The summed E-state index contributed by atoms with van der Waals surface area (Å²) in [6.07, 6.45) is -0.621. The van der Waals surface area contributed by atoms with Gasteiger partial charge in [0.25, 0.3) is 0 Å². The van der Waals surface area contributed by atoms with Gasteiger partial charge in [0.1, 0.15) is 11.7 Å². The zero-order chi connectivity index (χ0) is 13.7. The molecule has 0 aliphatic rings. The van der Waals surface area contributed by atoms with Gasteiger partial charge in [-0.2, -0.15) is 0 Å². The lowest BCUT2D eigenvalue weighted by molar-refractivity contribution is 0.147. The first-order valence-corrected chi connectivity index (χ1v) is 5.48. The fourth-order valence-corrected chi connectivity index (χ4v) is 1.21. The van der Waals surface area contributed by atoms with Crippen molar-refractivity contribution < 1.29 is 13.9 Å². The first-order chi connectivity index (χ1) is 8.40. The molecule has 0 radical (unpaired) electrons. The Kier molecular flexibility index (Phi) is 4.65. The predicted octanol–water partition coefficient (Wildman–Crippen LogP) is 2.31. The molecule has 0 bridgehead atoms. The predicted molar refractivity (Wildman–Crippen MR) is 67.2 cm³/mol. The average Bonchev–Trinajstić information content (AvgIpc) is 2.28. The van der Waals surface area contributed by atoms with E-state index in [1.807, 2.05) is 13.8 Å². The van der Waals surface area contributed by atoms with Gasteiger partial charge >= 0.3 is 6.09 Å². The first-order valence-electron chi connectivity index (χ1n) is 5.48. The molecule has 98 valence electrons. The Balaban J connectivity index is 2.70. The average molecular weight is 253 g/mol. The number of rotatable bonds is 4. The highest BCUT2D eigenvalue weighted by atomic mass is 19.1. The van der Waals surface area contributed by atoms with Crippen molar-refractivity contribution in [2.45, 2.75) is 13.8 Å². The monoisotopic (exact) mass is 253 g/mol. The van der Waals surface area contributed by atoms with Gasteiger partial charge in [0.15, 0.2) is 0 Å². The molecular weight excluding hydrogens is 237 g/mol. The molecule has 1 aromatic carbocycles.